The molecule has 1 atom stereocenters. The lowest BCUT2D eigenvalue weighted by Crippen LogP contribution is -2.19. The van der Waals surface area contributed by atoms with Crippen LogP contribution >= 0.6 is 0 Å². The van der Waals surface area contributed by atoms with Crippen molar-refractivity contribution in [3.8, 4) is 0 Å². The van der Waals surface area contributed by atoms with Crippen LogP contribution in [-0.4, -0.2) is 16.5 Å². The Balaban J connectivity index is 0.000000606. The van der Waals surface area contributed by atoms with Crippen molar-refractivity contribution in [1.29, 1.82) is 0 Å². The van der Waals surface area contributed by atoms with E-state index in [0.717, 1.165) is 24.4 Å². The number of anilines is 1. The van der Waals surface area contributed by atoms with Crippen LogP contribution in [0.25, 0.3) is 0 Å². The molecular formula is C13H21NOS. The van der Waals surface area contributed by atoms with E-state index in [1.54, 1.807) is 0 Å². The Kier molecular flexibility index (Phi) is 5.00. The average molecular weight is 239 g/mol. The van der Waals surface area contributed by atoms with Gasteiger partial charge in [-0.05, 0) is 43.5 Å². The summed E-state index contributed by atoms with van der Waals surface area (Å²) in [5.41, 5.74) is 3.66. The zero-order valence-electron chi connectivity index (χ0n) is 10.6. The van der Waals surface area contributed by atoms with E-state index in [-0.39, 0.29) is 0 Å². The zero-order chi connectivity index (χ0) is 12.1. The molecule has 0 N–H and O–H groups in total. The molecule has 1 unspecified atom stereocenters. The van der Waals surface area contributed by atoms with Crippen molar-refractivity contribution in [2.75, 3.05) is 16.6 Å². The molecule has 1 fully saturated rings. The minimum absolute atomic E-state index is 0.793. The number of benzene rings is 1. The number of aryl methyl sites for hydroxylation is 2. The smallest absolute Gasteiger partial charge is 0.119 e. The fraction of sp³-hybridized carbons (Fsp3) is 0.538. The Morgan fingerprint density at radius 3 is 2.38 bits per heavy atom. The van der Waals surface area contributed by atoms with Gasteiger partial charge < -0.3 is 0 Å². The van der Waals surface area contributed by atoms with Gasteiger partial charge in [-0.15, -0.1) is 0 Å². The van der Waals surface area contributed by atoms with E-state index in [0.29, 0.717) is 0 Å². The van der Waals surface area contributed by atoms with Crippen LogP contribution in [0.5, 0.6) is 0 Å². The summed E-state index contributed by atoms with van der Waals surface area (Å²) in [6.07, 6.45) is 1.04. The predicted octanol–water partition coefficient (Wildman–Crippen LogP) is 3.20. The van der Waals surface area contributed by atoms with E-state index in [2.05, 4.69) is 32.0 Å². The molecule has 0 radical (unpaired) electrons. The molecular weight excluding hydrogens is 218 g/mol. The van der Waals surface area contributed by atoms with Gasteiger partial charge in [0.2, 0.25) is 0 Å². The van der Waals surface area contributed by atoms with Crippen molar-refractivity contribution in [3.63, 3.8) is 0 Å². The third kappa shape index (κ3) is 2.85. The fourth-order valence-corrected chi connectivity index (χ4v) is 2.95. The first-order valence-electron chi connectivity index (χ1n) is 5.92. The van der Waals surface area contributed by atoms with Gasteiger partial charge in [-0.3, -0.25) is 4.31 Å². The molecule has 1 aliphatic rings. The van der Waals surface area contributed by atoms with Crippen LogP contribution in [0.3, 0.4) is 0 Å². The summed E-state index contributed by atoms with van der Waals surface area (Å²) in [5, 5.41) is 0. The van der Waals surface area contributed by atoms with Gasteiger partial charge in [-0.2, -0.15) is 0 Å². The molecule has 16 heavy (non-hydrogen) atoms. The molecule has 2 nitrogen and oxygen atoms in total. The van der Waals surface area contributed by atoms with Crippen molar-refractivity contribution < 1.29 is 4.21 Å². The number of rotatable bonds is 1. The summed E-state index contributed by atoms with van der Waals surface area (Å²) in [4.78, 5) is 0. The molecule has 3 heteroatoms. The van der Waals surface area contributed by atoms with Gasteiger partial charge in [-0.25, -0.2) is 4.21 Å². The van der Waals surface area contributed by atoms with Crippen molar-refractivity contribution >= 4 is 16.7 Å². The molecule has 1 aromatic carbocycles. The highest BCUT2D eigenvalue weighted by molar-refractivity contribution is 7.86. The number of hydrogen-bond donors (Lipinski definition) is 0. The van der Waals surface area contributed by atoms with E-state index < -0.39 is 11.0 Å². The summed E-state index contributed by atoms with van der Waals surface area (Å²) in [5.74, 6) is 0.812. The monoisotopic (exact) mass is 239 g/mol. The third-order valence-electron chi connectivity index (χ3n) is 2.70. The SMILES string of the molecule is CC.Cc1ccc(N2CCCS2=O)cc1C. The predicted molar refractivity (Wildman–Crippen MR) is 72.2 cm³/mol. The Hall–Kier alpha value is -0.830. The molecule has 0 bridgehead atoms. The van der Waals surface area contributed by atoms with E-state index in [9.17, 15) is 4.21 Å². The second-order valence-electron chi connectivity index (χ2n) is 3.75. The van der Waals surface area contributed by atoms with Crippen LogP contribution in [0.1, 0.15) is 31.4 Å². The first-order valence-corrected chi connectivity index (χ1v) is 7.19. The number of hydrogen-bond acceptors (Lipinski definition) is 1. The molecule has 1 saturated heterocycles. The normalized spacial score (nSPS) is 19.2. The molecule has 90 valence electrons. The zero-order valence-corrected chi connectivity index (χ0v) is 11.4. The lowest BCUT2D eigenvalue weighted by atomic mass is 10.1. The summed E-state index contributed by atoms with van der Waals surface area (Å²) in [7, 11) is -0.793. The van der Waals surface area contributed by atoms with Gasteiger partial charge in [0, 0.05) is 18.0 Å². The Morgan fingerprint density at radius 2 is 1.88 bits per heavy atom. The van der Waals surface area contributed by atoms with Crippen molar-refractivity contribution in [3.05, 3.63) is 29.3 Å². The van der Waals surface area contributed by atoms with E-state index in [1.165, 1.54) is 11.1 Å². The maximum absolute atomic E-state index is 11.6. The molecule has 1 heterocycles. The molecule has 1 aromatic rings. The van der Waals surface area contributed by atoms with E-state index in [4.69, 9.17) is 0 Å². The maximum Gasteiger partial charge on any atom is 0.119 e. The molecule has 2 rings (SSSR count). The minimum atomic E-state index is -0.793. The quantitative estimate of drug-likeness (QED) is 0.737. The highest BCUT2D eigenvalue weighted by Crippen LogP contribution is 2.23. The van der Waals surface area contributed by atoms with Gasteiger partial charge in [0.05, 0.1) is 0 Å². The van der Waals surface area contributed by atoms with Crippen molar-refractivity contribution in [2.45, 2.75) is 34.1 Å². The van der Waals surface area contributed by atoms with E-state index in [1.807, 2.05) is 18.2 Å². The third-order valence-corrected chi connectivity index (χ3v) is 4.23. The standard InChI is InChI=1S/C11H15NOS.C2H6/c1-9-4-5-11(8-10(9)2)12-6-3-7-14(12)13;1-2/h4-5,8H,3,6-7H2,1-2H3;1-2H3. The maximum atomic E-state index is 11.6. The molecule has 0 aromatic heterocycles. The molecule has 0 saturated carbocycles. The Morgan fingerprint density at radius 1 is 1.19 bits per heavy atom. The molecule has 0 amide bonds. The molecule has 0 aliphatic carbocycles. The van der Waals surface area contributed by atoms with Crippen LogP contribution in [0, 0.1) is 13.8 Å². The van der Waals surface area contributed by atoms with Gasteiger partial charge in [0.15, 0.2) is 0 Å². The minimum Gasteiger partial charge on any atom is -0.292 e. The van der Waals surface area contributed by atoms with Crippen LogP contribution in [0.4, 0.5) is 5.69 Å². The van der Waals surface area contributed by atoms with Crippen LogP contribution in [-0.2, 0) is 11.0 Å². The van der Waals surface area contributed by atoms with Gasteiger partial charge in [0.25, 0.3) is 0 Å². The lowest BCUT2D eigenvalue weighted by Gasteiger charge is -2.16. The molecule has 0 spiro atoms. The summed E-state index contributed by atoms with van der Waals surface area (Å²) < 4.78 is 13.6. The second kappa shape index (κ2) is 6.04. The van der Waals surface area contributed by atoms with E-state index >= 15 is 0 Å². The number of nitrogens with zero attached hydrogens (tertiary/aromatic N) is 1. The summed E-state index contributed by atoms with van der Waals surface area (Å²) in [6, 6.07) is 6.28. The van der Waals surface area contributed by atoms with Gasteiger partial charge in [-0.1, -0.05) is 19.9 Å². The van der Waals surface area contributed by atoms with Crippen molar-refractivity contribution in [1.82, 2.24) is 0 Å². The van der Waals surface area contributed by atoms with Crippen molar-refractivity contribution in [2.24, 2.45) is 0 Å². The average Bonchev–Trinajstić information content (AvgIpc) is 2.72. The topological polar surface area (TPSA) is 20.3 Å². The van der Waals surface area contributed by atoms with Crippen LogP contribution in [0.2, 0.25) is 0 Å². The Bertz CT molecular complexity index is 376. The first kappa shape index (κ1) is 13.2. The largest absolute Gasteiger partial charge is 0.292 e. The summed E-state index contributed by atoms with van der Waals surface area (Å²) in [6.45, 7) is 9.12. The highest BCUT2D eigenvalue weighted by Gasteiger charge is 2.20. The van der Waals surface area contributed by atoms with Gasteiger partial charge >= 0.3 is 0 Å². The van der Waals surface area contributed by atoms with Crippen LogP contribution in [0.15, 0.2) is 18.2 Å². The second-order valence-corrected chi connectivity index (χ2v) is 5.24. The van der Waals surface area contributed by atoms with Crippen LogP contribution < -0.4 is 4.31 Å². The van der Waals surface area contributed by atoms with Gasteiger partial charge in [0.1, 0.15) is 11.0 Å². The first-order chi connectivity index (χ1) is 7.68. The highest BCUT2D eigenvalue weighted by atomic mass is 32.2. The molecule has 1 aliphatic heterocycles. The Labute approximate surface area is 101 Å². The summed E-state index contributed by atoms with van der Waals surface area (Å²) >= 11 is 0. The fourth-order valence-electron chi connectivity index (χ4n) is 1.67. The lowest BCUT2D eigenvalue weighted by molar-refractivity contribution is 0.685.